The molecular formula is C22H27N3O2. The minimum absolute atomic E-state index is 0.0683. The Hall–Kier alpha value is -2.66. The van der Waals surface area contributed by atoms with Crippen LogP contribution in [0.4, 0.5) is 0 Å². The van der Waals surface area contributed by atoms with E-state index in [9.17, 15) is 4.79 Å². The van der Waals surface area contributed by atoms with Crippen molar-refractivity contribution in [2.45, 2.75) is 45.2 Å². The lowest BCUT2D eigenvalue weighted by molar-refractivity contribution is 0.339. The second kappa shape index (κ2) is 7.92. The van der Waals surface area contributed by atoms with Crippen molar-refractivity contribution in [2.75, 3.05) is 7.11 Å². The molecule has 1 heterocycles. The van der Waals surface area contributed by atoms with E-state index >= 15 is 0 Å². The summed E-state index contributed by atoms with van der Waals surface area (Å²) >= 11 is 0. The number of ether oxygens (including phenoxy) is 1. The molecule has 0 fully saturated rings. The van der Waals surface area contributed by atoms with Gasteiger partial charge in [0.1, 0.15) is 11.4 Å². The van der Waals surface area contributed by atoms with Crippen molar-refractivity contribution < 1.29 is 4.74 Å². The van der Waals surface area contributed by atoms with Crippen LogP contribution < -0.4 is 16.0 Å². The lowest BCUT2D eigenvalue weighted by Crippen LogP contribution is -2.45. The van der Waals surface area contributed by atoms with Crippen molar-refractivity contribution >= 4 is 11.0 Å². The minimum Gasteiger partial charge on any atom is -0.497 e. The highest BCUT2D eigenvalue weighted by atomic mass is 16.5. The molecule has 0 bridgehead atoms. The first-order valence-electron chi connectivity index (χ1n) is 9.40. The summed E-state index contributed by atoms with van der Waals surface area (Å²) in [6.07, 6.45) is 2.09. The van der Waals surface area contributed by atoms with Gasteiger partial charge < -0.3 is 15.0 Å². The Morgan fingerprint density at radius 2 is 1.74 bits per heavy atom. The van der Waals surface area contributed by atoms with Crippen molar-refractivity contribution in [3.8, 4) is 5.75 Å². The van der Waals surface area contributed by atoms with Gasteiger partial charge in [0.15, 0.2) is 0 Å². The first-order valence-corrected chi connectivity index (χ1v) is 9.40. The van der Waals surface area contributed by atoms with Crippen molar-refractivity contribution in [1.29, 1.82) is 0 Å². The number of methoxy groups -OCH3 is 1. The number of benzene rings is 2. The van der Waals surface area contributed by atoms with E-state index < -0.39 is 5.54 Å². The lowest BCUT2D eigenvalue weighted by atomic mass is 9.94. The van der Waals surface area contributed by atoms with Gasteiger partial charge in [-0.15, -0.1) is 0 Å². The number of para-hydroxylation sites is 2. The highest BCUT2D eigenvalue weighted by molar-refractivity contribution is 5.74. The molecule has 0 aliphatic heterocycles. The Labute approximate surface area is 159 Å². The van der Waals surface area contributed by atoms with E-state index in [0.717, 1.165) is 35.2 Å². The fourth-order valence-corrected chi connectivity index (χ4v) is 3.24. The van der Waals surface area contributed by atoms with Crippen LogP contribution in [0.25, 0.3) is 11.0 Å². The summed E-state index contributed by atoms with van der Waals surface area (Å²) in [4.78, 5) is 17.9. The summed E-state index contributed by atoms with van der Waals surface area (Å²) in [5.74, 6) is 0.793. The predicted octanol–water partition coefficient (Wildman–Crippen LogP) is 3.51. The quantitative estimate of drug-likeness (QED) is 0.695. The minimum atomic E-state index is -0.411. The number of rotatable bonds is 7. The third-order valence-corrected chi connectivity index (χ3v) is 5.33. The number of fused-ring (bicyclic) bond motifs is 1. The van der Waals surface area contributed by atoms with Crippen molar-refractivity contribution in [1.82, 2.24) is 9.55 Å². The maximum Gasteiger partial charge on any atom is 0.273 e. The second-order valence-electron chi connectivity index (χ2n) is 7.03. The number of hydrogen-bond donors (Lipinski definition) is 1. The molecule has 0 radical (unpaired) electrons. The van der Waals surface area contributed by atoms with E-state index in [1.165, 1.54) is 0 Å². The van der Waals surface area contributed by atoms with Crippen LogP contribution in [-0.2, 0) is 13.0 Å². The summed E-state index contributed by atoms with van der Waals surface area (Å²) in [5.41, 5.74) is 9.25. The van der Waals surface area contributed by atoms with Crippen LogP contribution >= 0.6 is 0 Å². The first kappa shape index (κ1) is 19.1. The molecule has 0 unspecified atom stereocenters. The van der Waals surface area contributed by atoms with Gasteiger partial charge >= 0.3 is 0 Å². The molecule has 1 aromatic heterocycles. The van der Waals surface area contributed by atoms with Crippen LogP contribution in [0.3, 0.4) is 0 Å². The zero-order valence-corrected chi connectivity index (χ0v) is 16.2. The van der Waals surface area contributed by atoms with Gasteiger partial charge in [-0.2, -0.15) is 0 Å². The molecule has 0 spiro atoms. The van der Waals surface area contributed by atoms with Gasteiger partial charge in [0.2, 0.25) is 0 Å². The average Bonchev–Trinajstić information content (AvgIpc) is 2.71. The van der Waals surface area contributed by atoms with Crippen LogP contribution in [0.2, 0.25) is 0 Å². The van der Waals surface area contributed by atoms with E-state index in [2.05, 4.69) is 18.8 Å². The SMILES string of the molecule is CCC(N)(CC)Cn1c(=O)c(Cc2ccc(OC)cc2)nc2ccccc21. The summed E-state index contributed by atoms with van der Waals surface area (Å²) in [6.45, 7) is 4.61. The maximum atomic E-state index is 13.2. The van der Waals surface area contributed by atoms with Gasteiger partial charge in [-0.25, -0.2) is 4.98 Å². The second-order valence-corrected chi connectivity index (χ2v) is 7.03. The number of nitrogens with two attached hydrogens (primary N) is 1. The fourth-order valence-electron chi connectivity index (χ4n) is 3.24. The largest absolute Gasteiger partial charge is 0.497 e. The van der Waals surface area contributed by atoms with Crippen molar-refractivity contribution in [2.24, 2.45) is 5.73 Å². The standard InChI is InChI=1S/C22H27N3O2/c1-4-22(23,5-2)15-25-20-9-7-6-8-18(20)24-19(21(25)26)14-16-10-12-17(27-3)13-11-16/h6-13H,4-5,14-15,23H2,1-3H3. The molecular weight excluding hydrogens is 338 g/mol. The molecule has 142 valence electrons. The molecule has 0 atom stereocenters. The van der Waals surface area contributed by atoms with Gasteiger partial charge in [0.05, 0.1) is 18.1 Å². The summed E-state index contributed by atoms with van der Waals surface area (Å²) in [6, 6.07) is 15.5. The molecule has 0 saturated carbocycles. The van der Waals surface area contributed by atoms with Crippen LogP contribution in [-0.4, -0.2) is 22.2 Å². The lowest BCUT2D eigenvalue weighted by Gasteiger charge is -2.28. The van der Waals surface area contributed by atoms with Crippen LogP contribution in [0, 0.1) is 0 Å². The highest BCUT2D eigenvalue weighted by Crippen LogP contribution is 2.19. The van der Waals surface area contributed by atoms with Gasteiger partial charge in [-0.1, -0.05) is 38.1 Å². The summed E-state index contributed by atoms with van der Waals surface area (Å²) in [5, 5.41) is 0. The van der Waals surface area contributed by atoms with E-state index in [1.54, 1.807) is 11.7 Å². The monoisotopic (exact) mass is 365 g/mol. The number of hydrogen-bond acceptors (Lipinski definition) is 4. The van der Waals surface area contributed by atoms with Gasteiger partial charge in [-0.05, 0) is 42.7 Å². The fraction of sp³-hybridized carbons (Fsp3) is 0.364. The van der Waals surface area contributed by atoms with E-state index in [1.807, 2.05) is 48.5 Å². The Kier molecular flexibility index (Phi) is 5.61. The highest BCUT2D eigenvalue weighted by Gasteiger charge is 2.23. The molecule has 0 saturated heterocycles. The molecule has 2 aromatic carbocycles. The molecule has 5 nitrogen and oxygen atoms in total. The van der Waals surface area contributed by atoms with Crippen LogP contribution in [0.15, 0.2) is 53.3 Å². The molecule has 3 aromatic rings. The predicted molar refractivity (Wildman–Crippen MR) is 109 cm³/mol. The van der Waals surface area contributed by atoms with Crippen molar-refractivity contribution in [3.63, 3.8) is 0 Å². The third-order valence-electron chi connectivity index (χ3n) is 5.33. The zero-order chi connectivity index (χ0) is 19.4. The third kappa shape index (κ3) is 4.03. The Morgan fingerprint density at radius 3 is 2.37 bits per heavy atom. The summed E-state index contributed by atoms with van der Waals surface area (Å²) in [7, 11) is 1.64. The molecule has 27 heavy (non-hydrogen) atoms. The zero-order valence-electron chi connectivity index (χ0n) is 16.2. The molecule has 5 heteroatoms. The normalized spacial score (nSPS) is 11.7. The van der Waals surface area contributed by atoms with E-state index in [0.29, 0.717) is 18.7 Å². The van der Waals surface area contributed by atoms with Crippen LogP contribution in [0.5, 0.6) is 5.75 Å². The van der Waals surface area contributed by atoms with Gasteiger partial charge in [-0.3, -0.25) is 4.79 Å². The van der Waals surface area contributed by atoms with Crippen molar-refractivity contribution in [3.05, 3.63) is 70.1 Å². The number of nitrogens with zero attached hydrogens (tertiary/aromatic N) is 2. The summed E-state index contributed by atoms with van der Waals surface area (Å²) < 4.78 is 7.00. The van der Waals surface area contributed by atoms with E-state index in [4.69, 9.17) is 10.5 Å². The Balaban J connectivity index is 2.08. The van der Waals surface area contributed by atoms with Gasteiger partial charge in [0, 0.05) is 18.5 Å². The molecule has 0 amide bonds. The Morgan fingerprint density at radius 1 is 1.07 bits per heavy atom. The molecule has 2 N–H and O–H groups in total. The molecule has 0 aliphatic rings. The topological polar surface area (TPSA) is 70.1 Å². The Bertz CT molecular complexity index is 973. The van der Waals surface area contributed by atoms with E-state index in [-0.39, 0.29) is 5.56 Å². The maximum absolute atomic E-state index is 13.2. The average molecular weight is 365 g/mol. The van der Waals surface area contributed by atoms with Crippen LogP contribution in [0.1, 0.15) is 37.9 Å². The van der Waals surface area contributed by atoms with Gasteiger partial charge in [0.25, 0.3) is 5.56 Å². The first-order chi connectivity index (χ1) is 13.0. The molecule has 3 rings (SSSR count). The smallest absolute Gasteiger partial charge is 0.273 e. The molecule has 0 aliphatic carbocycles. The number of aromatic nitrogens is 2.